The van der Waals surface area contributed by atoms with E-state index in [2.05, 4.69) is 0 Å². The first kappa shape index (κ1) is 7.53. The lowest BCUT2D eigenvalue weighted by Crippen LogP contribution is -2.03. The van der Waals surface area contributed by atoms with Crippen LogP contribution >= 0.6 is 0 Å². The van der Waals surface area contributed by atoms with Crippen molar-refractivity contribution in [2.24, 2.45) is 5.92 Å². The highest BCUT2D eigenvalue weighted by molar-refractivity contribution is 5.85. The van der Waals surface area contributed by atoms with E-state index in [1.54, 1.807) is 0 Å². The largest absolute Gasteiger partial charge is 0.299 e. The van der Waals surface area contributed by atoms with Crippen LogP contribution in [0, 0.1) is 5.92 Å². The number of carbonyl (C=O) groups is 1. The zero-order valence-electron chi connectivity index (χ0n) is 6.99. The fraction of sp³-hybridized carbons (Fsp3) is 0.364. The van der Waals surface area contributed by atoms with E-state index >= 15 is 0 Å². The molecule has 1 aromatic carbocycles. The molecule has 0 amide bonds. The maximum absolute atomic E-state index is 11.4. The van der Waals surface area contributed by atoms with Crippen molar-refractivity contribution in [3.8, 4) is 0 Å². The van der Waals surface area contributed by atoms with E-state index in [0.29, 0.717) is 18.1 Å². The normalized spacial score (nSPS) is 16.0. The highest BCUT2D eigenvalue weighted by Crippen LogP contribution is 2.30. The third kappa shape index (κ3) is 1.73. The Morgan fingerprint density at radius 3 is 2.50 bits per heavy atom. The molecule has 0 spiro atoms. The summed E-state index contributed by atoms with van der Waals surface area (Å²) in [6.45, 7) is 0. The highest BCUT2D eigenvalue weighted by atomic mass is 16.1. The Balaban J connectivity index is 1.98. The van der Waals surface area contributed by atoms with Crippen molar-refractivity contribution >= 4 is 5.78 Å². The number of ketones is 1. The Morgan fingerprint density at radius 1 is 1.25 bits per heavy atom. The Bertz CT molecular complexity index is 272. The van der Waals surface area contributed by atoms with Crippen molar-refractivity contribution in [3.63, 3.8) is 0 Å². The van der Waals surface area contributed by atoms with Crippen molar-refractivity contribution in [1.82, 2.24) is 0 Å². The molecule has 1 heteroatoms. The number of Topliss-reactive ketones (excluding diaryl/α,β-unsaturated/α-hetero) is 1. The van der Waals surface area contributed by atoms with Gasteiger partial charge in [-0.3, -0.25) is 4.79 Å². The van der Waals surface area contributed by atoms with Crippen LogP contribution in [-0.4, -0.2) is 5.78 Å². The highest BCUT2D eigenvalue weighted by Gasteiger charge is 2.28. The minimum Gasteiger partial charge on any atom is -0.299 e. The molecule has 1 aliphatic rings. The summed E-state index contributed by atoms with van der Waals surface area (Å²) in [7, 11) is 0. The van der Waals surface area contributed by atoms with E-state index in [4.69, 9.17) is 0 Å². The Morgan fingerprint density at radius 2 is 1.92 bits per heavy atom. The first-order chi connectivity index (χ1) is 5.86. The van der Waals surface area contributed by atoms with Gasteiger partial charge in [-0.2, -0.15) is 0 Å². The Kier molecular flexibility index (Phi) is 1.94. The standard InChI is InChI=1S/C11H12O/c12-11(10-6-7-10)8-9-4-2-1-3-5-9/h1-5,10H,6-8H2. The second-order valence-corrected chi connectivity index (χ2v) is 3.40. The molecule has 0 saturated heterocycles. The summed E-state index contributed by atoms with van der Waals surface area (Å²) in [5, 5.41) is 0. The summed E-state index contributed by atoms with van der Waals surface area (Å²) in [6, 6.07) is 9.97. The Hall–Kier alpha value is -1.11. The Labute approximate surface area is 72.4 Å². The van der Waals surface area contributed by atoms with Gasteiger partial charge in [-0.25, -0.2) is 0 Å². The average Bonchev–Trinajstić information content (AvgIpc) is 2.88. The zero-order valence-corrected chi connectivity index (χ0v) is 6.99. The average molecular weight is 160 g/mol. The summed E-state index contributed by atoms with van der Waals surface area (Å²) in [4.78, 5) is 11.4. The lowest BCUT2D eigenvalue weighted by atomic mass is 10.1. The molecule has 0 unspecified atom stereocenters. The van der Waals surface area contributed by atoms with Gasteiger partial charge in [0.15, 0.2) is 0 Å². The fourth-order valence-electron chi connectivity index (χ4n) is 1.35. The molecule has 1 saturated carbocycles. The zero-order chi connectivity index (χ0) is 8.39. The molecular formula is C11H12O. The third-order valence-corrected chi connectivity index (χ3v) is 2.25. The number of hydrogen-bond donors (Lipinski definition) is 0. The summed E-state index contributed by atoms with van der Waals surface area (Å²) in [6.07, 6.45) is 2.86. The number of hydrogen-bond acceptors (Lipinski definition) is 1. The smallest absolute Gasteiger partial charge is 0.140 e. The molecule has 1 nitrogen and oxygen atoms in total. The van der Waals surface area contributed by atoms with E-state index in [-0.39, 0.29) is 0 Å². The topological polar surface area (TPSA) is 17.1 Å². The fourth-order valence-corrected chi connectivity index (χ4v) is 1.35. The van der Waals surface area contributed by atoms with Gasteiger partial charge in [0.2, 0.25) is 0 Å². The van der Waals surface area contributed by atoms with Crippen molar-refractivity contribution in [1.29, 1.82) is 0 Å². The van der Waals surface area contributed by atoms with Gasteiger partial charge < -0.3 is 0 Å². The molecule has 2 rings (SSSR count). The van der Waals surface area contributed by atoms with Crippen LogP contribution in [0.2, 0.25) is 0 Å². The number of benzene rings is 1. The van der Waals surface area contributed by atoms with Gasteiger partial charge in [0.1, 0.15) is 5.78 Å². The minimum atomic E-state index is 0.394. The molecule has 0 heterocycles. The first-order valence-corrected chi connectivity index (χ1v) is 4.43. The van der Waals surface area contributed by atoms with Gasteiger partial charge in [0, 0.05) is 12.3 Å². The first-order valence-electron chi connectivity index (χ1n) is 4.43. The van der Waals surface area contributed by atoms with E-state index in [1.165, 1.54) is 0 Å². The molecule has 1 aromatic rings. The van der Waals surface area contributed by atoms with Crippen LogP contribution in [0.15, 0.2) is 30.3 Å². The molecule has 12 heavy (non-hydrogen) atoms. The summed E-state index contributed by atoms with van der Waals surface area (Å²) in [5.41, 5.74) is 1.15. The van der Waals surface area contributed by atoms with Crippen LogP contribution in [0.3, 0.4) is 0 Å². The minimum absolute atomic E-state index is 0.394. The van der Waals surface area contributed by atoms with E-state index in [0.717, 1.165) is 18.4 Å². The van der Waals surface area contributed by atoms with Crippen LogP contribution in [0.5, 0.6) is 0 Å². The third-order valence-electron chi connectivity index (χ3n) is 2.25. The molecule has 1 aliphatic carbocycles. The maximum atomic E-state index is 11.4. The molecule has 0 radical (unpaired) electrons. The predicted octanol–water partition coefficient (Wildman–Crippen LogP) is 2.21. The maximum Gasteiger partial charge on any atom is 0.140 e. The summed E-state index contributed by atoms with van der Waals surface area (Å²) < 4.78 is 0. The van der Waals surface area contributed by atoms with E-state index in [9.17, 15) is 4.79 Å². The second-order valence-electron chi connectivity index (χ2n) is 3.40. The van der Waals surface area contributed by atoms with Crippen molar-refractivity contribution in [2.45, 2.75) is 19.3 Å². The van der Waals surface area contributed by atoms with Gasteiger partial charge in [0.25, 0.3) is 0 Å². The van der Waals surface area contributed by atoms with Crippen LogP contribution in [0.25, 0.3) is 0 Å². The molecule has 0 atom stereocenters. The molecule has 0 aliphatic heterocycles. The SMILES string of the molecule is O=C(Cc1ccccc1)C1CC1. The van der Waals surface area contributed by atoms with Crippen molar-refractivity contribution in [2.75, 3.05) is 0 Å². The van der Waals surface area contributed by atoms with Gasteiger partial charge in [0.05, 0.1) is 0 Å². The van der Waals surface area contributed by atoms with Crippen molar-refractivity contribution < 1.29 is 4.79 Å². The van der Waals surface area contributed by atoms with Gasteiger partial charge in [-0.05, 0) is 18.4 Å². The number of rotatable bonds is 3. The molecule has 62 valence electrons. The van der Waals surface area contributed by atoms with E-state index in [1.807, 2.05) is 30.3 Å². The predicted molar refractivity (Wildman–Crippen MR) is 47.9 cm³/mol. The summed E-state index contributed by atoms with van der Waals surface area (Å²) >= 11 is 0. The van der Waals surface area contributed by atoms with Gasteiger partial charge in [-0.1, -0.05) is 30.3 Å². The second kappa shape index (κ2) is 3.10. The van der Waals surface area contributed by atoms with Gasteiger partial charge in [-0.15, -0.1) is 0 Å². The van der Waals surface area contributed by atoms with Crippen LogP contribution < -0.4 is 0 Å². The molecule has 0 bridgehead atoms. The lowest BCUT2D eigenvalue weighted by Gasteiger charge is -1.97. The van der Waals surface area contributed by atoms with Crippen LogP contribution in [-0.2, 0) is 11.2 Å². The molecule has 0 N–H and O–H groups in total. The monoisotopic (exact) mass is 160 g/mol. The van der Waals surface area contributed by atoms with Crippen molar-refractivity contribution in [3.05, 3.63) is 35.9 Å². The van der Waals surface area contributed by atoms with Gasteiger partial charge >= 0.3 is 0 Å². The van der Waals surface area contributed by atoms with Crippen LogP contribution in [0.4, 0.5) is 0 Å². The number of carbonyl (C=O) groups excluding carboxylic acids is 1. The molecular weight excluding hydrogens is 148 g/mol. The molecule has 1 fully saturated rings. The van der Waals surface area contributed by atoms with E-state index < -0.39 is 0 Å². The summed E-state index contributed by atoms with van der Waals surface area (Å²) in [5.74, 6) is 0.811. The quantitative estimate of drug-likeness (QED) is 0.662. The van der Waals surface area contributed by atoms with Crippen LogP contribution in [0.1, 0.15) is 18.4 Å². The molecule has 0 aromatic heterocycles. The lowest BCUT2D eigenvalue weighted by molar-refractivity contribution is -0.119.